The van der Waals surface area contributed by atoms with Crippen molar-refractivity contribution in [3.8, 4) is 17.2 Å². The molecule has 3 aromatic rings. The van der Waals surface area contributed by atoms with E-state index in [-0.39, 0.29) is 5.38 Å². The van der Waals surface area contributed by atoms with Crippen LogP contribution in [0.3, 0.4) is 0 Å². The van der Waals surface area contributed by atoms with Gasteiger partial charge in [-0.1, -0.05) is 29.8 Å². The molecular weight excluding hydrogens is 577 g/mol. The van der Waals surface area contributed by atoms with E-state index in [1.807, 2.05) is 18.2 Å². The highest BCUT2D eigenvalue weighted by molar-refractivity contribution is 6.30. The number of benzene rings is 2. The Morgan fingerprint density at radius 1 is 1.10 bits per heavy atom. The third-order valence-electron chi connectivity index (χ3n) is 8.03. The number of morpholine rings is 1. The largest absolute Gasteiger partial charge is 0.493 e. The van der Waals surface area contributed by atoms with Crippen molar-refractivity contribution in [2.24, 2.45) is 0 Å². The summed E-state index contributed by atoms with van der Waals surface area (Å²) in [7, 11) is 1.64. The SMILES string of the molecule is COc1ccc(C2c3[nH]c4c(c3CCN2C(=O)Oc2ccc(Cl)cc2)=CC(Cl)CC=4)cc1OCCCN1CCOCC1. The number of ether oxygens (including phenoxy) is 4. The Bertz CT molecular complexity index is 1530. The Morgan fingerprint density at radius 3 is 2.69 bits per heavy atom. The first-order chi connectivity index (χ1) is 20.5. The number of carbonyl (C=O) groups is 1. The highest BCUT2D eigenvalue weighted by Gasteiger charge is 2.36. The molecule has 1 N–H and O–H groups in total. The number of hydrogen-bond acceptors (Lipinski definition) is 6. The summed E-state index contributed by atoms with van der Waals surface area (Å²) in [6.45, 7) is 5.43. The van der Waals surface area contributed by atoms with Crippen LogP contribution in [0.5, 0.6) is 17.2 Å². The molecule has 10 heteroatoms. The highest BCUT2D eigenvalue weighted by atomic mass is 35.5. The monoisotopic (exact) mass is 611 g/mol. The van der Waals surface area contributed by atoms with E-state index >= 15 is 0 Å². The first-order valence-electron chi connectivity index (χ1n) is 14.4. The maximum atomic E-state index is 13.7. The number of alkyl halides is 1. The molecular formula is C32H35Cl2N3O5. The van der Waals surface area contributed by atoms with Crippen LogP contribution < -0.4 is 24.8 Å². The lowest BCUT2D eigenvalue weighted by molar-refractivity contribution is 0.0357. The van der Waals surface area contributed by atoms with Crippen molar-refractivity contribution in [3.05, 3.63) is 74.9 Å². The van der Waals surface area contributed by atoms with Crippen LogP contribution in [0.2, 0.25) is 5.02 Å². The molecule has 2 unspecified atom stereocenters. The Morgan fingerprint density at radius 2 is 1.90 bits per heavy atom. The summed E-state index contributed by atoms with van der Waals surface area (Å²) < 4.78 is 23.2. The Hall–Kier alpha value is -3.17. The topological polar surface area (TPSA) is 76.3 Å². The molecule has 0 radical (unpaired) electrons. The van der Waals surface area contributed by atoms with Crippen molar-refractivity contribution >= 4 is 41.4 Å². The fourth-order valence-electron chi connectivity index (χ4n) is 5.92. The summed E-state index contributed by atoms with van der Waals surface area (Å²) in [6, 6.07) is 12.2. The van der Waals surface area contributed by atoms with E-state index in [1.165, 1.54) is 5.56 Å². The van der Waals surface area contributed by atoms with Crippen molar-refractivity contribution in [2.45, 2.75) is 30.7 Å². The van der Waals surface area contributed by atoms with Crippen LogP contribution in [0.1, 0.15) is 35.7 Å². The van der Waals surface area contributed by atoms with Crippen molar-refractivity contribution in [1.82, 2.24) is 14.8 Å². The summed E-state index contributed by atoms with van der Waals surface area (Å²) >= 11 is 12.5. The number of carbonyl (C=O) groups excluding carboxylic acids is 1. The maximum absolute atomic E-state index is 13.7. The minimum Gasteiger partial charge on any atom is -0.493 e. The van der Waals surface area contributed by atoms with Gasteiger partial charge in [0.25, 0.3) is 0 Å². The van der Waals surface area contributed by atoms with E-state index in [0.717, 1.165) is 67.5 Å². The predicted octanol–water partition coefficient (Wildman–Crippen LogP) is 4.50. The zero-order valence-corrected chi connectivity index (χ0v) is 25.1. The number of halogens is 2. The number of fused-ring (bicyclic) bond motifs is 3. The molecule has 0 bridgehead atoms. The maximum Gasteiger partial charge on any atom is 0.416 e. The first kappa shape index (κ1) is 28.9. The fraction of sp³-hybridized carbons (Fsp3) is 0.406. The molecule has 1 aromatic heterocycles. The summed E-state index contributed by atoms with van der Waals surface area (Å²) in [5, 5.41) is 2.69. The summed E-state index contributed by atoms with van der Waals surface area (Å²) in [4.78, 5) is 21.4. The van der Waals surface area contributed by atoms with E-state index < -0.39 is 12.1 Å². The lowest BCUT2D eigenvalue weighted by Crippen LogP contribution is -2.43. The summed E-state index contributed by atoms with van der Waals surface area (Å²) in [6.07, 6.45) is 6.13. The van der Waals surface area contributed by atoms with Crippen LogP contribution >= 0.6 is 23.2 Å². The molecule has 1 aliphatic carbocycles. The minimum atomic E-state index is -0.437. The number of aromatic amines is 1. The molecule has 6 rings (SSSR count). The molecule has 0 spiro atoms. The van der Waals surface area contributed by atoms with Gasteiger partial charge in [0.1, 0.15) is 11.8 Å². The zero-order chi connectivity index (χ0) is 29.1. The van der Waals surface area contributed by atoms with Gasteiger partial charge in [0.15, 0.2) is 11.5 Å². The second kappa shape index (κ2) is 13.0. The Balaban J connectivity index is 1.30. The van der Waals surface area contributed by atoms with Gasteiger partial charge in [0.05, 0.1) is 32.3 Å². The molecule has 8 nitrogen and oxygen atoms in total. The van der Waals surface area contributed by atoms with E-state index in [4.69, 9.17) is 42.1 Å². The molecule has 2 aliphatic heterocycles. The van der Waals surface area contributed by atoms with Crippen LogP contribution in [0.4, 0.5) is 4.79 Å². The number of nitrogens with zero attached hydrogens (tertiary/aromatic N) is 2. The smallest absolute Gasteiger partial charge is 0.416 e. The molecule has 2 atom stereocenters. The first-order valence-corrected chi connectivity index (χ1v) is 15.2. The second-order valence-corrected chi connectivity index (χ2v) is 11.7. The molecule has 42 heavy (non-hydrogen) atoms. The van der Waals surface area contributed by atoms with E-state index in [2.05, 4.69) is 22.0 Å². The van der Waals surface area contributed by atoms with Gasteiger partial charge < -0.3 is 23.9 Å². The number of H-pyrrole nitrogens is 1. The number of amides is 1. The van der Waals surface area contributed by atoms with Gasteiger partial charge in [-0.3, -0.25) is 9.80 Å². The van der Waals surface area contributed by atoms with Crippen molar-refractivity contribution in [2.75, 3.05) is 53.1 Å². The predicted molar refractivity (Wildman–Crippen MR) is 163 cm³/mol. The molecule has 0 saturated carbocycles. The normalized spacial score (nSPS) is 20.1. The summed E-state index contributed by atoms with van der Waals surface area (Å²) in [5.74, 6) is 1.73. The number of methoxy groups -OCH3 is 1. The standard InChI is InChI=1S/C32H35Cl2N3O5/c1-39-28-10-3-21(19-29(28)41-16-2-12-36-14-17-40-18-15-36)31-30-25(26-20-23(34)6-9-27(26)35-30)11-13-37(31)32(38)42-24-7-4-22(33)5-8-24/h3-5,7-10,19-20,23,31,35H,2,6,11-18H2,1H3. The molecule has 3 heterocycles. The minimum absolute atomic E-state index is 0.0535. The average molecular weight is 613 g/mol. The fourth-order valence-corrected chi connectivity index (χ4v) is 6.26. The second-order valence-electron chi connectivity index (χ2n) is 10.7. The van der Waals surface area contributed by atoms with Gasteiger partial charge in [-0.2, -0.15) is 0 Å². The third-order valence-corrected chi connectivity index (χ3v) is 8.59. The van der Waals surface area contributed by atoms with Crippen LogP contribution in [-0.4, -0.2) is 79.4 Å². The van der Waals surface area contributed by atoms with Crippen molar-refractivity contribution in [1.29, 1.82) is 0 Å². The van der Waals surface area contributed by atoms with Gasteiger partial charge in [-0.25, -0.2) is 4.79 Å². The molecule has 2 aromatic carbocycles. The van der Waals surface area contributed by atoms with Crippen LogP contribution in [-0.2, 0) is 11.2 Å². The average Bonchev–Trinajstić information content (AvgIpc) is 3.38. The van der Waals surface area contributed by atoms with Crippen LogP contribution in [0.15, 0.2) is 42.5 Å². The van der Waals surface area contributed by atoms with E-state index in [9.17, 15) is 4.79 Å². The molecule has 222 valence electrons. The Labute approximate surface area is 255 Å². The molecule has 1 saturated heterocycles. The van der Waals surface area contributed by atoms with E-state index in [1.54, 1.807) is 36.3 Å². The number of nitrogens with one attached hydrogen (secondary N) is 1. The molecule has 3 aliphatic rings. The number of aromatic nitrogens is 1. The van der Waals surface area contributed by atoms with Gasteiger partial charge >= 0.3 is 6.09 Å². The number of rotatable bonds is 8. The van der Waals surface area contributed by atoms with Gasteiger partial charge in [0.2, 0.25) is 0 Å². The van der Waals surface area contributed by atoms with Crippen molar-refractivity contribution < 1.29 is 23.7 Å². The van der Waals surface area contributed by atoms with Crippen molar-refractivity contribution in [3.63, 3.8) is 0 Å². The van der Waals surface area contributed by atoms with Gasteiger partial charge in [-0.05, 0) is 66.8 Å². The Kier molecular flexibility index (Phi) is 8.95. The van der Waals surface area contributed by atoms with Crippen LogP contribution in [0.25, 0.3) is 12.2 Å². The lowest BCUT2D eigenvalue weighted by atomic mass is 9.92. The van der Waals surface area contributed by atoms with E-state index in [0.29, 0.717) is 41.8 Å². The third kappa shape index (κ3) is 6.27. The highest BCUT2D eigenvalue weighted by Crippen LogP contribution is 2.38. The molecule has 1 fully saturated rings. The quantitative estimate of drug-likeness (QED) is 0.299. The number of hydrogen-bond donors (Lipinski definition) is 1. The van der Waals surface area contributed by atoms with Gasteiger partial charge in [-0.15, -0.1) is 11.6 Å². The van der Waals surface area contributed by atoms with Gasteiger partial charge in [0, 0.05) is 47.5 Å². The summed E-state index contributed by atoms with van der Waals surface area (Å²) in [5.41, 5.74) is 3.03. The lowest BCUT2D eigenvalue weighted by Gasteiger charge is -2.35. The van der Waals surface area contributed by atoms with Crippen LogP contribution in [0, 0.1) is 0 Å². The zero-order valence-electron chi connectivity index (χ0n) is 23.6. The molecule has 1 amide bonds.